The fourth-order valence-electron chi connectivity index (χ4n) is 4.72. The van der Waals surface area contributed by atoms with Crippen molar-refractivity contribution < 1.29 is 38.3 Å². The van der Waals surface area contributed by atoms with E-state index in [1.54, 1.807) is 54.6 Å². The number of carboxylic acids is 1. The zero-order valence-electron chi connectivity index (χ0n) is 24.2. The van der Waals surface area contributed by atoms with Gasteiger partial charge in [0.15, 0.2) is 0 Å². The molecule has 0 aliphatic carbocycles. The van der Waals surface area contributed by atoms with E-state index in [0.29, 0.717) is 22.4 Å². The first kappa shape index (κ1) is 32.2. The number of nitrogens with two attached hydrogens (primary N) is 1. The van der Waals surface area contributed by atoms with Crippen molar-refractivity contribution in [2.24, 2.45) is 5.73 Å². The number of β-lactam (4-membered cyclic amide) rings is 1. The quantitative estimate of drug-likeness (QED) is 0.169. The average Bonchev–Trinajstić information content (AvgIpc) is 3.48. The van der Waals surface area contributed by atoms with Crippen LogP contribution < -0.4 is 16.4 Å². The van der Waals surface area contributed by atoms with E-state index in [9.17, 15) is 33.9 Å². The highest BCUT2D eigenvalue weighted by atomic mass is 32.2. The maximum Gasteiger partial charge on any atom is 0.352 e. The number of fused-ring (bicyclic) bond motifs is 1. The van der Waals surface area contributed by atoms with Crippen molar-refractivity contribution in [1.29, 1.82) is 0 Å². The lowest BCUT2D eigenvalue weighted by Crippen LogP contribution is -2.70. The van der Waals surface area contributed by atoms with Crippen LogP contribution in [0, 0.1) is 0 Å². The molecule has 46 heavy (non-hydrogen) atoms. The fraction of sp³-hybridized carbons (Fsp3) is 0.241. The maximum absolute atomic E-state index is 13.1. The Morgan fingerprint density at radius 1 is 1.09 bits per heavy atom. The predicted molar refractivity (Wildman–Crippen MR) is 165 cm³/mol. The van der Waals surface area contributed by atoms with E-state index in [1.807, 2.05) is 0 Å². The zero-order valence-corrected chi connectivity index (χ0v) is 25.8. The summed E-state index contributed by atoms with van der Waals surface area (Å²) in [5, 5.41) is 22.3. The summed E-state index contributed by atoms with van der Waals surface area (Å²) in [6.07, 6.45) is -0.420. The number of nitrogens with zero attached hydrogens (tertiary/aromatic N) is 4. The number of benzene rings is 2. The van der Waals surface area contributed by atoms with Crippen LogP contribution in [0.15, 0.2) is 75.5 Å². The first-order chi connectivity index (χ1) is 22.0. The molecule has 2 aliphatic rings. The molecule has 1 aromatic heterocycles. The molecule has 1 unspecified atom stereocenters. The largest absolute Gasteiger partial charge is 0.477 e. The van der Waals surface area contributed by atoms with Crippen LogP contribution in [-0.4, -0.2) is 90.7 Å². The number of urea groups is 1. The van der Waals surface area contributed by atoms with Crippen LogP contribution in [0.5, 0.6) is 0 Å². The Labute approximate surface area is 269 Å². The highest BCUT2D eigenvalue weighted by Crippen LogP contribution is 2.41. The summed E-state index contributed by atoms with van der Waals surface area (Å²) >= 11 is 2.36. The second-order valence-electron chi connectivity index (χ2n) is 10.1. The lowest BCUT2D eigenvalue weighted by atomic mass is 10.0. The first-order valence-corrected chi connectivity index (χ1v) is 15.7. The minimum atomic E-state index is -1.29. The van der Waals surface area contributed by atoms with Crippen LogP contribution in [0.4, 0.5) is 10.5 Å². The van der Waals surface area contributed by atoms with Gasteiger partial charge in [0.1, 0.15) is 23.5 Å². The number of nitrogens with one attached hydrogen (secondary N) is 2. The van der Waals surface area contributed by atoms with Gasteiger partial charge in [-0.25, -0.2) is 9.59 Å². The fourth-order valence-corrected chi connectivity index (χ4v) is 6.99. The third-order valence-electron chi connectivity index (χ3n) is 6.95. The number of rotatable bonds is 11. The number of anilines is 1. The molecule has 2 aliphatic heterocycles. The lowest BCUT2D eigenvalue weighted by Gasteiger charge is -2.49. The van der Waals surface area contributed by atoms with E-state index >= 15 is 0 Å². The SMILES string of the molecule is CN(C(=O)Nc1ccccc1CC(=O)NC1C(=O)N2C(C(=O)O)=C(CSc3nnc(CC(N)=O)o3)CS[C@H]12)C(=O)c1ccccc1. The van der Waals surface area contributed by atoms with E-state index in [1.165, 1.54) is 18.8 Å². The average molecular weight is 666 g/mol. The molecule has 2 aromatic carbocycles. The molecule has 0 saturated carbocycles. The molecule has 3 aromatic rings. The number of para-hydroxylation sites is 1. The number of carbonyl (C=O) groups is 6. The van der Waals surface area contributed by atoms with Crippen molar-refractivity contribution in [1.82, 2.24) is 25.3 Å². The van der Waals surface area contributed by atoms with Gasteiger partial charge in [-0.05, 0) is 29.3 Å². The standard InChI is InChI=1S/C29H27N7O8S2/c1-35(24(39)15-7-3-2-4-8-15)28(43)31-18-10-6-5-9-16(18)11-20(38)32-22-25(40)36-23(27(41)42)17(13-45-26(22)36)14-46-29-34-33-21(44-29)12-19(30)37/h2-10,22,26H,11-14H2,1H3,(H2,30,37)(H,31,43)(H,32,38)(H,41,42)/t22?,26-/m1/s1. The summed E-state index contributed by atoms with van der Waals surface area (Å²) in [4.78, 5) is 77.0. The number of thioether (sulfide) groups is 2. The Morgan fingerprint density at radius 2 is 1.80 bits per heavy atom. The molecule has 0 spiro atoms. The molecular weight excluding hydrogens is 638 g/mol. The van der Waals surface area contributed by atoms with Crippen LogP contribution in [0.25, 0.3) is 0 Å². The molecule has 5 rings (SSSR count). The Bertz CT molecular complexity index is 1750. The second-order valence-corrected chi connectivity index (χ2v) is 12.1. The van der Waals surface area contributed by atoms with Gasteiger partial charge in [0.05, 0.1) is 6.42 Å². The molecule has 238 valence electrons. The van der Waals surface area contributed by atoms with Gasteiger partial charge < -0.3 is 25.9 Å². The number of aliphatic carboxylic acids is 1. The molecule has 17 heteroatoms. The number of imide groups is 1. The van der Waals surface area contributed by atoms with Crippen molar-refractivity contribution in [2.75, 3.05) is 23.9 Å². The van der Waals surface area contributed by atoms with Gasteiger partial charge in [-0.3, -0.25) is 29.0 Å². The zero-order chi connectivity index (χ0) is 33.0. The van der Waals surface area contributed by atoms with E-state index in [-0.39, 0.29) is 41.2 Å². The van der Waals surface area contributed by atoms with Gasteiger partial charge in [-0.15, -0.1) is 22.0 Å². The Balaban J connectivity index is 1.20. The molecular formula is C29H27N7O8S2. The number of amides is 6. The molecule has 1 saturated heterocycles. The Hall–Kier alpha value is -5.16. The molecule has 5 N–H and O–H groups in total. The number of carboxylic acid groups (broad SMARTS) is 1. The first-order valence-electron chi connectivity index (χ1n) is 13.7. The third kappa shape index (κ3) is 7.05. The van der Waals surface area contributed by atoms with E-state index in [0.717, 1.165) is 21.6 Å². The topological polar surface area (TPSA) is 218 Å². The van der Waals surface area contributed by atoms with E-state index in [4.69, 9.17) is 10.2 Å². The number of hydrogen-bond acceptors (Lipinski definition) is 11. The van der Waals surface area contributed by atoms with Crippen LogP contribution in [0.2, 0.25) is 0 Å². The van der Waals surface area contributed by atoms with Crippen molar-refractivity contribution in [3.63, 3.8) is 0 Å². The number of primary amides is 1. The summed E-state index contributed by atoms with van der Waals surface area (Å²) in [7, 11) is 1.34. The van der Waals surface area contributed by atoms with Crippen molar-refractivity contribution >= 4 is 64.8 Å². The van der Waals surface area contributed by atoms with Gasteiger partial charge in [-0.1, -0.05) is 48.2 Å². The number of hydrogen-bond donors (Lipinski definition) is 4. The monoisotopic (exact) mass is 665 g/mol. The van der Waals surface area contributed by atoms with Crippen LogP contribution >= 0.6 is 23.5 Å². The summed E-state index contributed by atoms with van der Waals surface area (Å²) in [5.74, 6) is -3.09. The smallest absolute Gasteiger partial charge is 0.352 e. The highest BCUT2D eigenvalue weighted by molar-refractivity contribution is 8.01. The van der Waals surface area contributed by atoms with Crippen molar-refractivity contribution in [2.45, 2.75) is 29.5 Å². The molecule has 15 nitrogen and oxygen atoms in total. The van der Waals surface area contributed by atoms with E-state index < -0.39 is 47.0 Å². The third-order valence-corrected chi connectivity index (χ3v) is 9.19. The molecule has 2 atom stereocenters. The Kier molecular flexibility index (Phi) is 9.72. The molecule has 1 fully saturated rings. The summed E-state index contributed by atoms with van der Waals surface area (Å²) in [6, 6.07) is 13.2. The molecule has 6 amide bonds. The normalized spacial score (nSPS) is 17.1. The van der Waals surface area contributed by atoms with Gasteiger partial charge in [0.2, 0.25) is 17.7 Å². The second kappa shape index (κ2) is 13.9. The lowest BCUT2D eigenvalue weighted by molar-refractivity contribution is -0.150. The van der Waals surface area contributed by atoms with Crippen LogP contribution in [0.1, 0.15) is 21.8 Å². The van der Waals surface area contributed by atoms with Crippen LogP contribution in [0.3, 0.4) is 0 Å². The van der Waals surface area contributed by atoms with Crippen LogP contribution in [-0.2, 0) is 32.0 Å². The van der Waals surface area contributed by atoms with Gasteiger partial charge in [0.25, 0.3) is 17.0 Å². The van der Waals surface area contributed by atoms with Gasteiger partial charge in [0, 0.05) is 29.8 Å². The molecule has 0 radical (unpaired) electrons. The summed E-state index contributed by atoms with van der Waals surface area (Å²) in [5.41, 5.74) is 6.49. The summed E-state index contributed by atoms with van der Waals surface area (Å²) < 4.78 is 5.34. The molecule has 3 heterocycles. The summed E-state index contributed by atoms with van der Waals surface area (Å²) in [6.45, 7) is 0. The molecule has 0 bridgehead atoms. The predicted octanol–water partition coefficient (Wildman–Crippen LogP) is 1.47. The number of aromatic nitrogens is 2. The van der Waals surface area contributed by atoms with Crippen molar-refractivity contribution in [3.8, 4) is 0 Å². The van der Waals surface area contributed by atoms with Gasteiger partial charge >= 0.3 is 12.0 Å². The Morgan fingerprint density at radius 3 is 2.52 bits per heavy atom. The minimum Gasteiger partial charge on any atom is -0.477 e. The van der Waals surface area contributed by atoms with Crippen molar-refractivity contribution in [3.05, 3.63) is 82.9 Å². The highest BCUT2D eigenvalue weighted by Gasteiger charge is 2.54. The van der Waals surface area contributed by atoms with E-state index in [2.05, 4.69) is 20.8 Å². The van der Waals surface area contributed by atoms with Gasteiger partial charge in [-0.2, -0.15) is 0 Å². The number of carbonyl (C=O) groups excluding carboxylic acids is 5. The minimum absolute atomic E-state index is 0.0347. The maximum atomic E-state index is 13.1.